The lowest BCUT2D eigenvalue weighted by Gasteiger charge is -2.30. The molecule has 2 heterocycles. The Balaban J connectivity index is 1.74. The van der Waals surface area contributed by atoms with Gasteiger partial charge in [0.2, 0.25) is 0 Å². The largest absolute Gasteiger partial charge is 0.352 e. The number of benzene rings is 2. The van der Waals surface area contributed by atoms with Crippen molar-refractivity contribution >= 4 is 49.8 Å². The van der Waals surface area contributed by atoms with Crippen LogP contribution >= 0.6 is 11.6 Å². The van der Waals surface area contributed by atoms with Gasteiger partial charge >= 0.3 is 10.2 Å². The van der Waals surface area contributed by atoms with Crippen LogP contribution in [-0.2, 0) is 17.3 Å². The van der Waals surface area contributed by atoms with Gasteiger partial charge in [-0.1, -0.05) is 11.6 Å². The van der Waals surface area contributed by atoms with Crippen LogP contribution in [0.5, 0.6) is 0 Å². The summed E-state index contributed by atoms with van der Waals surface area (Å²) in [5.74, 6) is -0.662. The molecule has 2 N–H and O–H groups in total. The summed E-state index contributed by atoms with van der Waals surface area (Å²) in [5.41, 5.74) is 1.28. The first kappa shape index (κ1) is 20.6. The molecule has 2 aromatic carbocycles. The van der Waals surface area contributed by atoms with Gasteiger partial charge in [-0.3, -0.25) is 9.52 Å². The van der Waals surface area contributed by atoms with Crippen molar-refractivity contribution in [1.29, 1.82) is 0 Å². The van der Waals surface area contributed by atoms with E-state index in [0.717, 1.165) is 12.5 Å². The quantitative estimate of drug-likeness (QED) is 0.621. The number of hydrogen-bond donors (Lipinski definition) is 2. The van der Waals surface area contributed by atoms with E-state index in [1.54, 1.807) is 26.1 Å². The molecule has 0 amide bonds. The monoisotopic (exact) mass is 451 g/mol. The second kappa shape index (κ2) is 7.53. The number of hydrogen-bond acceptors (Lipinski definition) is 5. The topological polar surface area (TPSA) is 96.3 Å². The third-order valence-corrected chi connectivity index (χ3v) is 7.01. The van der Waals surface area contributed by atoms with Crippen LogP contribution in [0.15, 0.2) is 35.4 Å². The number of halogens is 2. The van der Waals surface area contributed by atoms with Crippen LogP contribution in [0.2, 0.25) is 5.02 Å². The first-order valence-corrected chi connectivity index (χ1v) is 11.0. The average Bonchev–Trinajstić information content (AvgIpc) is 2.63. The van der Waals surface area contributed by atoms with Crippen LogP contribution in [0.1, 0.15) is 12.0 Å². The minimum Gasteiger partial charge on any atom is -0.352 e. The fraction of sp³-hybridized carbons (Fsp3) is 0.263. The Kier molecular flexibility index (Phi) is 5.16. The zero-order valence-electron chi connectivity index (χ0n) is 16.2. The predicted octanol–water partition coefficient (Wildman–Crippen LogP) is 3.14. The minimum atomic E-state index is -3.75. The van der Waals surface area contributed by atoms with Crippen LogP contribution in [0.3, 0.4) is 0 Å². The van der Waals surface area contributed by atoms with Crippen molar-refractivity contribution in [3.63, 3.8) is 0 Å². The lowest BCUT2D eigenvalue weighted by molar-refractivity contribution is 0.311. The molecule has 0 radical (unpaired) electrons. The molecule has 0 unspecified atom stereocenters. The summed E-state index contributed by atoms with van der Waals surface area (Å²) in [7, 11) is -2.16. The highest BCUT2D eigenvalue weighted by Gasteiger charge is 2.28. The molecule has 11 heteroatoms. The first-order chi connectivity index (χ1) is 14.2. The van der Waals surface area contributed by atoms with E-state index in [1.165, 1.54) is 21.3 Å². The van der Waals surface area contributed by atoms with Crippen molar-refractivity contribution in [2.45, 2.75) is 13.3 Å². The van der Waals surface area contributed by atoms with E-state index in [9.17, 15) is 17.6 Å². The molecule has 4 rings (SSSR count). The van der Waals surface area contributed by atoms with E-state index in [2.05, 4.69) is 15.0 Å². The minimum absolute atomic E-state index is 0.0588. The molecule has 30 heavy (non-hydrogen) atoms. The van der Waals surface area contributed by atoms with Crippen molar-refractivity contribution in [2.24, 2.45) is 7.05 Å². The number of nitrogens with one attached hydrogen (secondary N) is 2. The highest BCUT2D eigenvalue weighted by molar-refractivity contribution is 7.90. The zero-order valence-corrected chi connectivity index (χ0v) is 17.8. The van der Waals surface area contributed by atoms with Crippen LogP contribution in [0.4, 0.5) is 21.5 Å². The van der Waals surface area contributed by atoms with Crippen molar-refractivity contribution in [2.75, 3.05) is 23.1 Å². The molecule has 0 aliphatic carbocycles. The molecule has 1 aromatic heterocycles. The molecular formula is C19H19ClFN5O3S. The van der Waals surface area contributed by atoms with Gasteiger partial charge < -0.3 is 9.88 Å². The molecule has 8 nitrogen and oxygen atoms in total. The van der Waals surface area contributed by atoms with Crippen LogP contribution in [-0.4, -0.2) is 35.4 Å². The fourth-order valence-corrected chi connectivity index (χ4v) is 4.82. The Morgan fingerprint density at radius 3 is 2.53 bits per heavy atom. The Hall–Kier alpha value is -2.69. The van der Waals surface area contributed by atoms with Gasteiger partial charge in [0.05, 0.1) is 33.6 Å². The number of aromatic nitrogens is 2. The number of fused-ring (bicyclic) bond motifs is 1. The maximum Gasteiger partial charge on any atom is 0.301 e. The maximum atomic E-state index is 14.6. The molecular weight excluding hydrogens is 433 g/mol. The molecule has 0 bridgehead atoms. The smallest absolute Gasteiger partial charge is 0.301 e. The Morgan fingerprint density at radius 1 is 1.17 bits per heavy atom. The lowest BCUT2D eigenvalue weighted by Crippen LogP contribution is -2.45. The number of rotatable bonds is 5. The Labute approximate surface area is 177 Å². The third-order valence-electron chi connectivity index (χ3n) is 5.09. The Morgan fingerprint density at radius 2 is 1.87 bits per heavy atom. The second-order valence-electron chi connectivity index (χ2n) is 7.06. The van der Waals surface area contributed by atoms with E-state index < -0.39 is 16.0 Å². The van der Waals surface area contributed by atoms with Gasteiger partial charge in [0.25, 0.3) is 5.56 Å². The van der Waals surface area contributed by atoms with Crippen LogP contribution in [0.25, 0.3) is 10.9 Å². The van der Waals surface area contributed by atoms with Gasteiger partial charge in [-0.15, -0.1) is 0 Å². The number of anilines is 3. The van der Waals surface area contributed by atoms with E-state index in [4.69, 9.17) is 11.6 Å². The summed E-state index contributed by atoms with van der Waals surface area (Å²) in [5, 5.41) is 3.19. The molecule has 1 aliphatic rings. The number of nitrogens with zero attached hydrogens (tertiary/aromatic N) is 3. The molecule has 0 atom stereocenters. The molecule has 1 aliphatic heterocycles. The lowest BCUT2D eigenvalue weighted by atomic mass is 10.1. The zero-order chi connectivity index (χ0) is 21.6. The van der Waals surface area contributed by atoms with Crippen molar-refractivity contribution in [3.05, 3.63) is 57.3 Å². The average molecular weight is 452 g/mol. The number of aryl methyl sites for hydroxylation is 2. The van der Waals surface area contributed by atoms with Gasteiger partial charge in [-0.25, -0.2) is 9.37 Å². The molecule has 158 valence electrons. The second-order valence-corrected chi connectivity index (χ2v) is 9.11. The summed E-state index contributed by atoms with van der Waals surface area (Å²) >= 11 is 6.34. The highest BCUT2D eigenvalue weighted by Crippen LogP contribution is 2.37. The van der Waals surface area contributed by atoms with Crippen molar-refractivity contribution in [1.82, 2.24) is 13.9 Å². The highest BCUT2D eigenvalue weighted by atomic mass is 35.5. The summed E-state index contributed by atoms with van der Waals surface area (Å²) < 4.78 is 44.3. The van der Waals surface area contributed by atoms with E-state index in [-0.39, 0.29) is 22.0 Å². The van der Waals surface area contributed by atoms with Crippen molar-refractivity contribution < 1.29 is 12.8 Å². The molecule has 0 saturated carbocycles. The standard InChI is InChI=1S/C19H19ClFN5O3S/c1-11-13(6-7-14-16(11)19(27)25(2)10-22-14)23-18-12(21)4-5-15(17(18)20)24-30(28,29)26-8-3-9-26/h4-7,10,23-24H,3,8-9H2,1-2H3. The van der Waals surface area contributed by atoms with Gasteiger partial charge in [0.1, 0.15) is 5.82 Å². The SMILES string of the molecule is Cc1c(Nc2c(F)ccc(NS(=O)(=O)N3CCC3)c2Cl)ccc2ncn(C)c(=O)c12. The van der Waals surface area contributed by atoms with E-state index in [1.807, 2.05) is 0 Å². The van der Waals surface area contributed by atoms with Gasteiger partial charge in [0.15, 0.2) is 0 Å². The molecule has 1 saturated heterocycles. The molecule has 3 aromatic rings. The van der Waals surface area contributed by atoms with E-state index in [0.29, 0.717) is 35.2 Å². The Bertz CT molecular complexity index is 1320. The predicted molar refractivity (Wildman–Crippen MR) is 115 cm³/mol. The van der Waals surface area contributed by atoms with Gasteiger partial charge in [-0.05, 0) is 43.2 Å². The molecule has 0 spiro atoms. The van der Waals surface area contributed by atoms with Crippen molar-refractivity contribution in [3.8, 4) is 0 Å². The normalized spacial score (nSPS) is 14.5. The van der Waals surface area contributed by atoms with Crippen LogP contribution < -0.4 is 15.6 Å². The third kappa shape index (κ3) is 3.51. The van der Waals surface area contributed by atoms with Crippen LogP contribution in [0, 0.1) is 12.7 Å². The molecule has 1 fully saturated rings. The van der Waals surface area contributed by atoms with Gasteiger partial charge in [-0.2, -0.15) is 12.7 Å². The summed E-state index contributed by atoms with van der Waals surface area (Å²) in [6, 6.07) is 5.71. The fourth-order valence-electron chi connectivity index (χ4n) is 3.20. The summed E-state index contributed by atoms with van der Waals surface area (Å²) in [6.45, 7) is 2.58. The summed E-state index contributed by atoms with van der Waals surface area (Å²) in [6.07, 6.45) is 2.22. The first-order valence-electron chi connectivity index (χ1n) is 9.17. The maximum absolute atomic E-state index is 14.6. The summed E-state index contributed by atoms with van der Waals surface area (Å²) in [4.78, 5) is 16.7. The van der Waals surface area contributed by atoms with E-state index >= 15 is 0 Å². The van der Waals surface area contributed by atoms with Gasteiger partial charge in [0, 0.05) is 25.8 Å².